The van der Waals surface area contributed by atoms with Crippen LogP contribution in [-0.2, 0) is 0 Å². The molecule has 1 amide bonds. The van der Waals surface area contributed by atoms with E-state index in [4.69, 9.17) is 16.5 Å². The number of pyridine rings is 1. The average Bonchev–Trinajstić information content (AvgIpc) is 3.13. The van der Waals surface area contributed by atoms with Gasteiger partial charge in [0.25, 0.3) is 5.91 Å². The van der Waals surface area contributed by atoms with Crippen molar-refractivity contribution in [1.82, 2.24) is 19.7 Å². The van der Waals surface area contributed by atoms with Gasteiger partial charge in [0.15, 0.2) is 0 Å². The molecule has 1 aliphatic rings. The molecule has 5 aromatic rings. The highest BCUT2D eigenvalue weighted by molar-refractivity contribution is 7.08. The molecule has 7 nitrogen and oxygen atoms in total. The number of nitrogen functional groups attached to an aromatic ring is 1. The normalized spacial score (nSPS) is 14.0. The first-order valence-electron chi connectivity index (χ1n) is 10.1. The second-order valence-electron chi connectivity index (χ2n) is 8.09. The smallest absolute Gasteiger partial charge is 0.253 e. The molecule has 0 spiro atoms. The first-order valence-corrected chi connectivity index (χ1v) is 11.1. The van der Waals surface area contributed by atoms with Crippen LogP contribution in [0.15, 0.2) is 41.4 Å². The summed E-state index contributed by atoms with van der Waals surface area (Å²) in [4.78, 5) is 17.3. The van der Waals surface area contributed by atoms with Gasteiger partial charge in [-0.25, -0.2) is 0 Å². The van der Waals surface area contributed by atoms with Crippen molar-refractivity contribution in [3.63, 3.8) is 0 Å². The molecule has 6 rings (SSSR count). The third-order valence-electron chi connectivity index (χ3n) is 6.11. The van der Waals surface area contributed by atoms with E-state index < -0.39 is 5.91 Å². The molecule has 0 saturated heterocycles. The summed E-state index contributed by atoms with van der Waals surface area (Å²) in [5, 5.41) is 13.0. The lowest BCUT2D eigenvalue weighted by atomic mass is 10.0. The highest BCUT2D eigenvalue weighted by atomic mass is 32.1. The van der Waals surface area contributed by atoms with Crippen molar-refractivity contribution in [3.8, 4) is 16.8 Å². The number of aryl methyl sites for hydroxylation is 1. The number of nitrogens with zero attached hydrogens (tertiary/aromatic N) is 3. The number of aromatic nitrogens is 4. The SMILES string of the molecule is Cc1ccc2[nH]ncc2c1-n1c(N)c(C(N)=O)c2cnc(C3CC3)c(-c3ccsc3)c21. The van der Waals surface area contributed by atoms with E-state index in [-0.39, 0.29) is 0 Å². The number of nitrogens with one attached hydrogen (secondary N) is 1. The Labute approximate surface area is 181 Å². The molecule has 5 N–H and O–H groups in total. The Hall–Kier alpha value is -3.65. The molecule has 1 saturated carbocycles. The van der Waals surface area contributed by atoms with Gasteiger partial charge >= 0.3 is 0 Å². The number of hydrogen-bond acceptors (Lipinski definition) is 5. The maximum absolute atomic E-state index is 12.5. The first kappa shape index (κ1) is 18.1. The molecule has 1 aliphatic carbocycles. The number of amides is 1. The van der Waals surface area contributed by atoms with Crippen LogP contribution in [0.25, 0.3) is 38.6 Å². The van der Waals surface area contributed by atoms with Gasteiger partial charge in [-0.15, -0.1) is 0 Å². The number of nitrogens with two attached hydrogens (primary N) is 2. The fourth-order valence-corrected chi connectivity index (χ4v) is 5.21. The number of fused-ring (bicyclic) bond motifs is 2. The number of rotatable bonds is 4. The van der Waals surface area contributed by atoms with E-state index in [2.05, 4.69) is 27.0 Å². The minimum atomic E-state index is -0.560. The lowest BCUT2D eigenvalue weighted by molar-refractivity contribution is 0.100. The van der Waals surface area contributed by atoms with Crippen molar-refractivity contribution < 1.29 is 4.79 Å². The van der Waals surface area contributed by atoms with Gasteiger partial charge in [0.05, 0.1) is 34.2 Å². The van der Waals surface area contributed by atoms with Crippen LogP contribution < -0.4 is 11.5 Å². The molecule has 0 unspecified atom stereocenters. The first-order chi connectivity index (χ1) is 15.1. The number of anilines is 1. The predicted octanol–water partition coefficient (Wildman–Crippen LogP) is 4.50. The second-order valence-corrected chi connectivity index (χ2v) is 8.87. The van der Waals surface area contributed by atoms with Gasteiger partial charge in [-0.05, 0) is 53.8 Å². The van der Waals surface area contributed by atoms with Gasteiger partial charge in [0.1, 0.15) is 5.82 Å². The molecule has 0 atom stereocenters. The number of hydrogen-bond donors (Lipinski definition) is 3. The molecule has 4 aromatic heterocycles. The summed E-state index contributed by atoms with van der Waals surface area (Å²) in [6.45, 7) is 2.03. The molecule has 154 valence electrons. The average molecular weight is 429 g/mol. The van der Waals surface area contributed by atoms with Crippen molar-refractivity contribution in [3.05, 3.63) is 58.2 Å². The Balaban J connectivity index is 1.85. The minimum Gasteiger partial charge on any atom is -0.384 e. The number of H-pyrrole nitrogens is 1. The predicted molar refractivity (Wildman–Crippen MR) is 124 cm³/mol. The van der Waals surface area contributed by atoms with Crippen molar-refractivity contribution in [2.45, 2.75) is 25.7 Å². The number of thiophene rings is 1. The summed E-state index contributed by atoms with van der Waals surface area (Å²) in [6.07, 6.45) is 5.78. The highest BCUT2D eigenvalue weighted by Crippen LogP contribution is 2.48. The summed E-state index contributed by atoms with van der Waals surface area (Å²) in [5.74, 6) is 0.188. The Kier molecular flexibility index (Phi) is 3.76. The molecule has 0 bridgehead atoms. The summed E-state index contributed by atoms with van der Waals surface area (Å²) < 4.78 is 1.98. The van der Waals surface area contributed by atoms with Crippen LogP contribution in [0.5, 0.6) is 0 Å². The zero-order valence-corrected chi connectivity index (χ0v) is 17.7. The van der Waals surface area contributed by atoms with Gasteiger partial charge in [-0.3, -0.25) is 19.4 Å². The molecule has 1 fully saturated rings. The maximum Gasteiger partial charge on any atom is 0.253 e. The van der Waals surface area contributed by atoms with Crippen LogP contribution in [-0.4, -0.2) is 25.7 Å². The van der Waals surface area contributed by atoms with Crippen molar-refractivity contribution in [1.29, 1.82) is 0 Å². The molecular formula is C23H20N6OS. The van der Waals surface area contributed by atoms with Crippen LogP contribution in [0.1, 0.15) is 40.4 Å². The monoisotopic (exact) mass is 428 g/mol. The van der Waals surface area contributed by atoms with Gasteiger partial charge in [-0.1, -0.05) is 6.07 Å². The summed E-state index contributed by atoms with van der Waals surface area (Å²) in [7, 11) is 0. The lowest BCUT2D eigenvalue weighted by Crippen LogP contribution is -2.14. The highest BCUT2D eigenvalue weighted by Gasteiger charge is 2.33. The Morgan fingerprint density at radius 1 is 1.23 bits per heavy atom. The molecule has 4 heterocycles. The number of benzene rings is 1. The summed E-state index contributed by atoms with van der Waals surface area (Å²) >= 11 is 1.63. The van der Waals surface area contributed by atoms with Crippen LogP contribution in [0.4, 0.5) is 5.82 Å². The molecule has 31 heavy (non-hydrogen) atoms. The van der Waals surface area contributed by atoms with E-state index in [0.29, 0.717) is 22.7 Å². The number of primary amides is 1. The quantitative estimate of drug-likeness (QED) is 0.391. The third kappa shape index (κ3) is 2.55. The zero-order valence-electron chi connectivity index (χ0n) is 16.8. The van der Waals surface area contributed by atoms with Gasteiger partial charge in [0, 0.05) is 28.5 Å². The standard InChI is InChI=1S/C23H20N6OS/c1-11-2-5-16-14(9-27-28-16)20(11)29-21-15(18(22(29)24)23(25)30)8-26-19(12-3-4-12)17(21)13-6-7-31-10-13/h2,5-10,12H,3-4,24H2,1H3,(H2,25,30)(H,27,28). The largest absolute Gasteiger partial charge is 0.384 e. The fourth-order valence-electron chi connectivity index (χ4n) is 4.56. The number of carbonyl (C=O) groups excluding carboxylic acids is 1. The lowest BCUT2D eigenvalue weighted by Gasteiger charge is -2.16. The van der Waals surface area contributed by atoms with E-state index >= 15 is 0 Å². The molecule has 8 heteroatoms. The van der Waals surface area contributed by atoms with Crippen LogP contribution in [0.3, 0.4) is 0 Å². The van der Waals surface area contributed by atoms with Crippen LogP contribution >= 0.6 is 11.3 Å². The van der Waals surface area contributed by atoms with Crippen LogP contribution in [0, 0.1) is 6.92 Å². The van der Waals surface area contributed by atoms with E-state index in [0.717, 1.165) is 57.3 Å². The minimum absolute atomic E-state index is 0.307. The van der Waals surface area contributed by atoms with E-state index in [1.54, 1.807) is 23.7 Å². The van der Waals surface area contributed by atoms with Crippen molar-refractivity contribution in [2.24, 2.45) is 5.73 Å². The molecule has 0 aliphatic heterocycles. The zero-order chi connectivity index (χ0) is 21.3. The molecular weight excluding hydrogens is 408 g/mol. The second kappa shape index (κ2) is 6.42. The Morgan fingerprint density at radius 3 is 2.77 bits per heavy atom. The van der Waals surface area contributed by atoms with Gasteiger partial charge < -0.3 is 11.5 Å². The van der Waals surface area contributed by atoms with Gasteiger partial charge in [-0.2, -0.15) is 16.4 Å². The summed E-state index contributed by atoms with van der Waals surface area (Å²) in [6, 6.07) is 6.11. The van der Waals surface area contributed by atoms with Crippen molar-refractivity contribution in [2.75, 3.05) is 5.73 Å². The Morgan fingerprint density at radius 2 is 2.06 bits per heavy atom. The van der Waals surface area contributed by atoms with E-state index in [1.807, 2.05) is 23.6 Å². The number of aromatic amines is 1. The molecule has 0 radical (unpaired) electrons. The third-order valence-corrected chi connectivity index (χ3v) is 6.80. The van der Waals surface area contributed by atoms with E-state index in [9.17, 15) is 4.79 Å². The van der Waals surface area contributed by atoms with Crippen LogP contribution in [0.2, 0.25) is 0 Å². The molecule has 1 aromatic carbocycles. The summed E-state index contributed by atoms with van der Waals surface area (Å²) in [5.41, 5.74) is 19.6. The van der Waals surface area contributed by atoms with E-state index in [1.165, 1.54) is 0 Å². The fraction of sp³-hybridized carbons (Fsp3) is 0.174. The van der Waals surface area contributed by atoms with Crippen molar-refractivity contribution >= 4 is 44.9 Å². The number of carbonyl (C=O) groups is 1. The Bertz CT molecular complexity index is 1490. The van der Waals surface area contributed by atoms with Gasteiger partial charge in [0.2, 0.25) is 0 Å². The maximum atomic E-state index is 12.5. The topological polar surface area (TPSA) is 116 Å².